The number of rotatable bonds is 20. The SMILES string of the molecule is CC(=O)CCCOc1ccc2c(c1)OCC/C2=N\NC(=O)CC(C)(C)SSCCC(=O)N1CCN(c2ccc(C(=O)NCc3ccc(NC(=O)C4CC4c4cccnc4)cc3F)cc2)CC1. The molecule has 348 valence electrons. The first-order valence-electron chi connectivity index (χ1n) is 22.3. The van der Waals surface area contributed by atoms with Gasteiger partial charge in [0.05, 0.1) is 18.9 Å². The van der Waals surface area contributed by atoms with Gasteiger partial charge in [-0.25, -0.2) is 9.82 Å². The first-order chi connectivity index (χ1) is 31.8. The molecule has 1 saturated heterocycles. The average molecular weight is 938 g/mol. The zero-order chi connectivity index (χ0) is 46.6. The van der Waals surface area contributed by atoms with Crippen LogP contribution < -0.4 is 30.4 Å². The van der Waals surface area contributed by atoms with E-state index in [-0.39, 0.29) is 54.2 Å². The van der Waals surface area contributed by atoms with Gasteiger partial charge in [0, 0.05) is 121 Å². The quantitative estimate of drug-likeness (QED) is 0.0455. The number of carbonyl (C=O) groups excluding carboxylic acids is 5. The van der Waals surface area contributed by atoms with Crippen molar-refractivity contribution < 1.29 is 37.8 Å². The van der Waals surface area contributed by atoms with Crippen molar-refractivity contribution in [3.05, 3.63) is 113 Å². The molecule has 4 aromatic rings. The number of benzene rings is 3. The first kappa shape index (κ1) is 48.0. The number of hydrogen-bond acceptors (Lipinski definition) is 12. The van der Waals surface area contributed by atoms with Crippen LogP contribution in [0.1, 0.15) is 92.3 Å². The van der Waals surface area contributed by atoms with E-state index in [1.165, 1.54) is 6.07 Å². The second-order valence-electron chi connectivity index (χ2n) is 17.2. The summed E-state index contributed by atoms with van der Waals surface area (Å²) < 4.78 is 26.2. The van der Waals surface area contributed by atoms with Crippen LogP contribution in [0.4, 0.5) is 15.8 Å². The lowest BCUT2D eigenvalue weighted by Crippen LogP contribution is -2.48. The number of halogens is 1. The van der Waals surface area contributed by atoms with Crippen molar-refractivity contribution in [2.75, 3.05) is 55.4 Å². The Morgan fingerprint density at radius 3 is 2.53 bits per heavy atom. The summed E-state index contributed by atoms with van der Waals surface area (Å²) >= 11 is 0. The Bertz CT molecular complexity index is 2410. The van der Waals surface area contributed by atoms with Crippen molar-refractivity contribution in [3.8, 4) is 11.5 Å². The van der Waals surface area contributed by atoms with Crippen LogP contribution in [-0.2, 0) is 25.7 Å². The largest absolute Gasteiger partial charge is 0.493 e. The number of nitrogens with one attached hydrogen (secondary N) is 3. The number of anilines is 2. The molecule has 2 aliphatic heterocycles. The number of amides is 4. The number of aromatic nitrogens is 1. The van der Waals surface area contributed by atoms with E-state index in [1.807, 2.05) is 61.2 Å². The van der Waals surface area contributed by atoms with Gasteiger partial charge in [-0.2, -0.15) is 5.10 Å². The smallest absolute Gasteiger partial charge is 0.251 e. The number of piperazine rings is 1. The van der Waals surface area contributed by atoms with E-state index in [4.69, 9.17) is 9.47 Å². The maximum atomic E-state index is 15.0. The predicted octanol–water partition coefficient (Wildman–Crippen LogP) is 7.53. The van der Waals surface area contributed by atoms with Gasteiger partial charge in [0.25, 0.3) is 5.91 Å². The molecule has 0 radical (unpaired) electrons. The van der Waals surface area contributed by atoms with Crippen molar-refractivity contribution in [1.82, 2.24) is 20.6 Å². The molecule has 4 amide bonds. The third-order valence-corrected chi connectivity index (χ3v) is 14.8. The van der Waals surface area contributed by atoms with Crippen molar-refractivity contribution >= 4 is 68.1 Å². The second kappa shape index (κ2) is 22.5. The van der Waals surface area contributed by atoms with E-state index in [0.717, 1.165) is 28.9 Å². The third-order valence-electron chi connectivity index (χ3n) is 11.5. The Morgan fingerprint density at radius 1 is 0.985 bits per heavy atom. The van der Waals surface area contributed by atoms with E-state index in [9.17, 15) is 28.4 Å². The lowest BCUT2D eigenvalue weighted by molar-refractivity contribution is -0.131. The fourth-order valence-electron chi connectivity index (χ4n) is 7.81. The standard InChI is InChI=1S/C49H56FN7O7S2/c1-32(58)6-5-23-63-38-14-15-39-43(16-24-64-44(39)27-38)54-55-45(59)29-49(2,3)66-65-25-17-46(60)57-21-19-56(20-22-57)37-12-9-33(10-13-37)47(61)52-31-35-8-11-36(26-42(35)50)53-48(62)41-28-40(41)34-7-4-18-51-30-34/h4,7-15,18,26-27,30,40-41H,5-6,16-17,19-25,28-29,31H2,1-3H3,(H,52,61)(H,53,62)(H,55,59)/b54-43+. The molecule has 7 rings (SSSR count). The molecule has 2 unspecified atom stereocenters. The van der Waals surface area contributed by atoms with Gasteiger partial charge in [0.2, 0.25) is 17.7 Å². The molecule has 3 aliphatic rings. The minimum atomic E-state index is -0.521. The van der Waals surface area contributed by atoms with Crippen LogP contribution >= 0.6 is 21.6 Å². The number of ketones is 1. The summed E-state index contributed by atoms with van der Waals surface area (Å²) in [5, 5.41) is 10.0. The molecule has 2 atom stereocenters. The van der Waals surface area contributed by atoms with Gasteiger partial charge >= 0.3 is 0 Å². The van der Waals surface area contributed by atoms with Gasteiger partial charge in [-0.1, -0.05) is 33.7 Å². The van der Waals surface area contributed by atoms with Gasteiger partial charge < -0.3 is 34.7 Å². The number of fused-ring (bicyclic) bond motifs is 1. The Kier molecular flexibility index (Phi) is 16.4. The second-order valence-corrected chi connectivity index (χ2v) is 20.3. The Morgan fingerprint density at radius 2 is 1.79 bits per heavy atom. The van der Waals surface area contributed by atoms with Gasteiger partial charge in [0.15, 0.2) is 0 Å². The molecule has 14 nitrogen and oxygen atoms in total. The molecule has 0 spiro atoms. The maximum absolute atomic E-state index is 15.0. The number of hydrazone groups is 1. The van der Waals surface area contributed by atoms with Crippen LogP contribution in [0.15, 0.2) is 90.3 Å². The molecule has 1 saturated carbocycles. The highest BCUT2D eigenvalue weighted by atomic mass is 33.1. The lowest BCUT2D eigenvalue weighted by Gasteiger charge is -2.36. The van der Waals surface area contributed by atoms with Crippen LogP contribution in [0.2, 0.25) is 0 Å². The molecular weight excluding hydrogens is 882 g/mol. The van der Waals surface area contributed by atoms with Gasteiger partial charge in [-0.15, -0.1) is 0 Å². The molecule has 3 heterocycles. The van der Waals surface area contributed by atoms with Gasteiger partial charge in [-0.05, 0) is 99.7 Å². The Hall–Kier alpha value is -5.94. The van der Waals surface area contributed by atoms with Crippen LogP contribution in [0.3, 0.4) is 0 Å². The molecule has 0 bridgehead atoms. The van der Waals surface area contributed by atoms with Gasteiger partial charge in [-0.3, -0.25) is 24.2 Å². The number of Topliss-reactive ketones (excluding diaryl/α,β-unsaturated/α-hetero) is 1. The van der Waals surface area contributed by atoms with Crippen molar-refractivity contribution in [2.45, 2.75) is 76.5 Å². The fourth-order valence-corrected chi connectivity index (χ4v) is 10.3. The predicted molar refractivity (Wildman–Crippen MR) is 257 cm³/mol. The molecule has 3 N–H and O–H groups in total. The first-order valence-corrected chi connectivity index (χ1v) is 24.6. The monoisotopic (exact) mass is 937 g/mol. The summed E-state index contributed by atoms with van der Waals surface area (Å²) in [6.45, 7) is 8.91. The van der Waals surface area contributed by atoms with Crippen LogP contribution in [0.5, 0.6) is 11.5 Å². The lowest BCUT2D eigenvalue weighted by atomic mass is 10.0. The number of carbonyl (C=O) groups is 5. The summed E-state index contributed by atoms with van der Waals surface area (Å²) in [5.41, 5.74) is 7.33. The maximum Gasteiger partial charge on any atom is 0.251 e. The molecule has 1 aliphatic carbocycles. The zero-order valence-corrected chi connectivity index (χ0v) is 39.1. The minimum Gasteiger partial charge on any atom is -0.493 e. The fraction of sp³-hybridized carbons (Fsp3) is 0.408. The van der Waals surface area contributed by atoms with E-state index in [2.05, 4.69) is 31.0 Å². The molecular formula is C49H56FN7O7S2. The highest BCUT2D eigenvalue weighted by Gasteiger charge is 2.44. The normalized spacial score (nSPS) is 17.3. The highest BCUT2D eigenvalue weighted by Crippen LogP contribution is 2.47. The third kappa shape index (κ3) is 13.6. The van der Waals surface area contributed by atoms with Crippen molar-refractivity contribution in [2.24, 2.45) is 11.0 Å². The highest BCUT2D eigenvalue weighted by molar-refractivity contribution is 8.77. The zero-order valence-electron chi connectivity index (χ0n) is 37.5. The molecule has 2 fully saturated rings. The summed E-state index contributed by atoms with van der Waals surface area (Å²) in [4.78, 5) is 71.1. The number of ether oxygens (including phenoxy) is 2. The summed E-state index contributed by atoms with van der Waals surface area (Å²) in [6, 6.07) is 21.0. The average Bonchev–Trinajstić information content (AvgIpc) is 4.13. The van der Waals surface area contributed by atoms with Crippen LogP contribution in [0, 0.1) is 11.7 Å². The Labute approximate surface area is 392 Å². The number of hydrogen-bond donors (Lipinski definition) is 3. The minimum absolute atomic E-state index is 0.0107. The van der Waals surface area contributed by atoms with E-state index >= 15 is 0 Å². The molecule has 17 heteroatoms. The molecule has 3 aromatic carbocycles. The number of pyridine rings is 1. The molecule has 1 aromatic heterocycles. The molecule has 66 heavy (non-hydrogen) atoms. The van der Waals surface area contributed by atoms with E-state index < -0.39 is 10.6 Å². The van der Waals surface area contributed by atoms with Crippen molar-refractivity contribution in [1.29, 1.82) is 0 Å². The summed E-state index contributed by atoms with van der Waals surface area (Å²) in [6.07, 6.45) is 6.51. The van der Waals surface area contributed by atoms with E-state index in [0.29, 0.717) is 99.1 Å². The van der Waals surface area contributed by atoms with Crippen LogP contribution in [0.25, 0.3) is 0 Å². The number of nitrogens with zero attached hydrogens (tertiary/aromatic N) is 4. The summed E-state index contributed by atoms with van der Waals surface area (Å²) in [5.74, 6) is 0.877. The van der Waals surface area contributed by atoms with Crippen molar-refractivity contribution in [3.63, 3.8) is 0 Å². The topological polar surface area (TPSA) is 172 Å². The van der Waals surface area contributed by atoms with Crippen LogP contribution in [-0.4, -0.2) is 94.9 Å². The van der Waals surface area contributed by atoms with Gasteiger partial charge in [0.1, 0.15) is 23.1 Å². The Balaban J connectivity index is 0.768. The van der Waals surface area contributed by atoms with E-state index in [1.54, 1.807) is 65.2 Å². The summed E-state index contributed by atoms with van der Waals surface area (Å²) in [7, 11) is 3.16.